The molecule has 0 aromatic heterocycles. The molecule has 0 aliphatic heterocycles. The highest BCUT2D eigenvalue weighted by Crippen LogP contribution is 2.09. The Bertz CT molecular complexity index is 300. The molecule has 82 valence electrons. The number of nitrogens with one attached hydrogen (secondary N) is 1. The molecule has 0 radical (unpaired) electrons. The number of aliphatic hydroxyl groups is 1. The van der Waals surface area contributed by atoms with Crippen LogP contribution >= 0.6 is 0 Å². The summed E-state index contributed by atoms with van der Waals surface area (Å²) in [6.07, 6.45) is -0.722. The van der Waals surface area contributed by atoms with Crippen molar-refractivity contribution in [1.29, 1.82) is 0 Å². The van der Waals surface area contributed by atoms with Crippen molar-refractivity contribution in [2.45, 2.75) is 12.5 Å². The first kappa shape index (κ1) is 11.7. The topological polar surface area (TPSA) is 58.6 Å². The van der Waals surface area contributed by atoms with E-state index in [0.717, 1.165) is 0 Å². The lowest BCUT2D eigenvalue weighted by molar-refractivity contribution is -0.143. The first-order valence-corrected chi connectivity index (χ1v) is 4.83. The Hall–Kier alpha value is -1.39. The molecule has 1 atom stereocenters. The van der Waals surface area contributed by atoms with E-state index in [-0.39, 0.29) is 0 Å². The fourth-order valence-electron chi connectivity index (χ4n) is 1.07. The minimum Gasteiger partial charge on any atom is -0.425 e. The minimum absolute atomic E-state index is 0.349. The Morgan fingerprint density at radius 3 is 2.73 bits per heavy atom. The van der Waals surface area contributed by atoms with Gasteiger partial charge in [-0.1, -0.05) is 18.2 Å². The van der Waals surface area contributed by atoms with E-state index < -0.39 is 12.1 Å². The number of hydrogen-bond acceptors (Lipinski definition) is 4. The second kappa shape index (κ2) is 6.16. The number of ether oxygens (including phenoxy) is 1. The molecule has 0 amide bonds. The molecule has 0 saturated heterocycles. The highest BCUT2D eigenvalue weighted by Gasteiger charge is 2.16. The molecule has 15 heavy (non-hydrogen) atoms. The van der Waals surface area contributed by atoms with E-state index in [1.54, 1.807) is 31.3 Å². The summed E-state index contributed by atoms with van der Waals surface area (Å²) in [4.78, 5) is 11.3. The van der Waals surface area contributed by atoms with Crippen LogP contribution in [0.25, 0.3) is 0 Å². The van der Waals surface area contributed by atoms with Crippen LogP contribution < -0.4 is 10.1 Å². The first-order chi connectivity index (χ1) is 7.24. The number of hydrogen-bond donors (Lipinski definition) is 2. The molecular formula is C11H15NO3. The van der Waals surface area contributed by atoms with Crippen LogP contribution in [0, 0.1) is 0 Å². The van der Waals surface area contributed by atoms with Gasteiger partial charge < -0.3 is 15.2 Å². The molecule has 0 saturated carbocycles. The van der Waals surface area contributed by atoms with E-state index in [0.29, 0.717) is 18.7 Å². The molecule has 0 aliphatic carbocycles. The van der Waals surface area contributed by atoms with Crippen molar-refractivity contribution in [3.8, 4) is 5.75 Å². The van der Waals surface area contributed by atoms with Gasteiger partial charge in [0, 0.05) is 0 Å². The fraction of sp³-hybridized carbons (Fsp3) is 0.364. The van der Waals surface area contributed by atoms with Crippen LogP contribution in [0.2, 0.25) is 0 Å². The third-order valence-electron chi connectivity index (χ3n) is 1.90. The van der Waals surface area contributed by atoms with Gasteiger partial charge in [0.25, 0.3) is 0 Å². The highest BCUT2D eigenvalue weighted by atomic mass is 16.5. The molecule has 4 nitrogen and oxygen atoms in total. The van der Waals surface area contributed by atoms with Gasteiger partial charge in [0.15, 0.2) is 6.10 Å². The monoisotopic (exact) mass is 209 g/mol. The Labute approximate surface area is 88.9 Å². The fourth-order valence-corrected chi connectivity index (χ4v) is 1.07. The predicted molar refractivity (Wildman–Crippen MR) is 56.6 cm³/mol. The Balaban J connectivity index is 2.42. The molecule has 1 unspecified atom stereocenters. The van der Waals surface area contributed by atoms with E-state index in [4.69, 9.17) is 4.74 Å². The zero-order valence-corrected chi connectivity index (χ0v) is 8.64. The van der Waals surface area contributed by atoms with E-state index >= 15 is 0 Å². The third-order valence-corrected chi connectivity index (χ3v) is 1.90. The minimum atomic E-state index is -1.07. The number of carbonyl (C=O) groups is 1. The average molecular weight is 209 g/mol. The van der Waals surface area contributed by atoms with Gasteiger partial charge in [0.2, 0.25) is 0 Å². The molecule has 0 bridgehead atoms. The van der Waals surface area contributed by atoms with Gasteiger partial charge in [0.05, 0.1) is 0 Å². The second-order valence-corrected chi connectivity index (χ2v) is 3.14. The Morgan fingerprint density at radius 1 is 1.47 bits per heavy atom. The number of para-hydroxylation sites is 1. The molecule has 0 heterocycles. The predicted octanol–water partition coefficient (Wildman–Crippen LogP) is 0.562. The quantitative estimate of drug-likeness (QED) is 0.549. The number of carbonyl (C=O) groups excluding carboxylic acids is 1. The van der Waals surface area contributed by atoms with Crippen molar-refractivity contribution in [3.63, 3.8) is 0 Å². The van der Waals surface area contributed by atoms with Crippen molar-refractivity contribution >= 4 is 5.97 Å². The lowest BCUT2D eigenvalue weighted by atomic mass is 10.2. The number of benzene rings is 1. The van der Waals surface area contributed by atoms with Crippen LogP contribution in [0.4, 0.5) is 0 Å². The summed E-state index contributed by atoms with van der Waals surface area (Å²) >= 11 is 0. The molecule has 0 aliphatic rings. The van der Waals surface area contributed by atoms with Crippen molar-refractivity contribution in [3.05, 3.63) is 30.3 Å². The van der Waals surface area contributed by atoms with Crippen LogP contribution in [-0.4, -0.2) is 30.8 Å². The molecule has 0 spiro atoms. The van der Waals surface area contributed by atoms with E-state index in [2.05, 4.69) is 5.32 Å². The first-order valence-electron chi connectivity index (χ1n) is 4.83. The van der Waals surface area contributed by atoms with Gasteiger partial charge in [-0.2, -0.15) is 0 Å². The average Bonchev–Trinajstić information content (AvgIpc) is 2.27. The maximum absolute atomic E-state index is 11.3. The van der Waals surface area contributed by atoms with E-state index in [1.807, 2.05) is 6.07 Å². The normalized spacial score (nSPS) is 12.1. The zero-order chi connectivity index (χ0) is 11.1. The summed E-state index contributed by atoms with van der Waals surface area (Å²) < 4.78 is 4.96. The van der Waals surface area contributed by atoms with Gasteiger partial charge in [-0.15, -0.1) is 0 Å². The summed E-state index contributed by atoms with van der Waals surface area (Å²) in [6, 6.07) is 8.70. The Kier molecular flexibility index (Phi) is 4.80. The summed E-state index contributed by atoms with van der Waals surface area (Å²) in [5.41, 5.74) is 0. The standard InChI is InChI=1S/C11H15NO3/c1-12-8-7-10(13)11(14)15-9-5-3-2-4-6-9/h2-6,10,12-13H,7-8H2,1H3. The van der Waals surface area contributed by atoms with Gasteiger partial charge >= 0.3 is 5.97 Å². The van der Waals surface area contributed by atoms with Crippen LogP contribution in [0.3, 0.4) is 0 Å². The lowest BCUT2D eigenvalue weighted by Crippen LogP contribution is -2.28. The molecule has 1 aromatic carbocycles. The van der Waals surface area contributed by atoms with Crippen LogP contribution in [0.1, 0.15) is 6.42 Å². The number of esters is 1. The molecule has 4 heteroatoms. The van der Waals surface area contributed by atoms with Crippen molar-refractivity contribution in [2.24, 2.45) is 0 Å². The van der Waals surface area contributed by atoms with E-state index in [1.165, 1.54) is 0 Å². The van der Waals surface area contributed by atoms with Crippen LogP contribution in [0.15, 0.2) is 30.3 Å². The third kappa shape index (κ3) is 4.10. The van der Waals surface area contributed by atoms with Crippen LogP contribution in [0.5, 0.6) is 5.75 Å². The lowest BCUT2D eigenvalue weighted by Gasteiger charge is -2.09. The van der Waals surface area contributed by atoms with Gasteiger partial charge in [0.1, 0.15) is 5.75 Å². The SMILES string of the molecule is CNCCC(O)C(=O)Oc1ccccc1. The van der Waals surface area contributed by atoms with Gasteiger partial charge in [-0.3, -0.25) is 0 Å². The summed E-state index contributed by atoms with van der Waals surface area (Å²) in [5, 5.41) is 12.2. The van der Waals surface area contributed by atoms with Gasteiger partial charge in [-0.25, -0.2) is 4.79 Å². The number of rotatable bonds is 5. The highest BCUT2D eigenvalue weighted by molar-refractivity contribution is 5.76. The van der Waals surface area contributed by atoms with Crippen molar-refractivity contribution < 1.29 is 14.6 Å². The Morgan fingerprint density at radius 2 is 2.13 bits per heavy atom. The summed E-state index contributed by atoms with van der Waals surface area (Å²) in [6.45, 7) is 0.574. The van der Waals surface area contributed by atoms with Crippen molar-refractivity contribution in [2.75, 3.05) is 13.6 Å². The van der Waals surface area contributed by atoms with Gasteiger partial charge in [-0.05, 0) is 32.1 Å². The smallest absolute Gasteiger partial charge is 0.340 e. The maximum atomic E-state index is 11.3. The zero-order valence-electron chi connectivity index (χ0n) is 8.64. The molecule has 1 aromatic rings. The largest absolute Gasteiger partial charge is 0.425 e. The van der Waals surface area contributed by atoms with Crippen molar-refractivity contribution in [1.82, 2.24) is 5.32 Å². The van der Waals surface area contributed by atoms with Crippen LogP contribution in [-0.2, 0) is 4.79 Å². The molecular weight excluding hydrogens is 194 g/mol. The molecule has 1 rings (SSSR count). The number of aliphatic hydroxyl groups excluding tert-OH is 1. The molecule has 0 fully saturated rings. The maximum Gasteiger partial charge on any atom is 0.340 e. The molecule has 2 N–H and O–H groups in total. The van der Waals surface area contributed by atoms with E-state index in [9.17, 15) is 9.90 Å². The summed E-state index contributed by atoms with van der Waals surface area (Å²) in [5.74, 6) is -0.164. The summed E-state index contributed by atoms with van der Waals surface area (Å²) in [7, 11) is 1.76. The second-order valence-electron chi connectivity index (χ2n) is 3.14.